The molecule has 178 valence electrons. The monoisotopic (exact) mass is 478 g/mol. The molecule has 0 spiro atoms. The van der Waals surface area contributed by atoms with Crippen LogP contribution in [0.4, 0.5) is 19.0 Å². The van der Waals surface area contributed by atoms with Gasteiger partial charge in [-0.25, -0.2) is 10.4 Å². The number of amides is 2. The van der Waals surface area contributed by atoms with E-state index in [0.29, 0.717) is 31.2 Å². The van der Waals surface area contributed by atoms with Gasteiger partial charge in [-0.15, -0.1) is 0 Å². The highest BCUT2D eigenvalue weighted by Crippen LogP contribution is 2.30. The van der Waals surface area contributed by atoms with Gasteiger partial charge in [-0.1, -0.05) is 11.6 Å². The van der Waals surface area contributed by atoms with Gasteiger partial charge < -0.3 is 19.9 Å². The molecular formula is C19H26ClF3N6O3. The van der Waals surface area contributed by atoms with Crippen LogP contribution in [0.15, 0.2) is 18.3 Å². The number of alkyl halides is 3. The second kappa shape index (κ2) is 11.1. The third-order valence-corrected chi connectivity index (χ3v) is 5.58. The highest BCUT2D eigenvalue weighted by Gasteiger charge is 2.51. The van der Waals surface area contributed by atoms with Gasteiger partial charge >= 0.3 is 6.18 Å². The second-order valence-corrected chi connectivity index (χ2v) is 7.95. The molecule has 9 nitrogen and oxygen atoms in total. The number of carbonyl (C=O) groups excluding carboxylic acids is 2. The lowest BCUT2D eigenvalue weighted by Gasteiger charge is -2.35. The van der Waals surface area contributed by atoms with Crippen LogP contribution >= 0.6 is 11.6 Å². The molecule has 0 radical (unpaired) electrons. The molecule has 13 heteroatoms. The smallest absolute Gasteiger partial charge is 0.380 e. The van der Waals surface area contributed by atoms with E-state index in [1.807, 2.05) is 11.5 Å². The Morgan fingerprint density at radius 2 is 2.00 bits per heavy atom. The zero-order valence-electron chi connectivity index (χ0n) is 17.3. The van der Waals surface area contributed by atoms with Crippen molar-refractivity contribution in [1.82, 2.24) is 26.1 Å². The Morgan fingerprint density at radius 1 is 1.25 bits per heavy atom. The summed E-state index contributed by atoms with van der Waals surface area (Å²) in [5.41, 5.74) is 4.44. The van der Waals surface area contributed by atoms with Gasteiger partial charge in [0.2, 0.25) is 11.8 Å². The number of ether oxygens (including phenoxy) is 1. The minimum absolute atomic E-state index is 0.0352. The van der Waals surface area contributed by atoms with E-state index in [4.69, 9.17) is 16.3 Å². The molecule has 2 unspecified atom stereocenters. The van der Waals surface area contributed by atoms with Crippen LogP contribution in [0, 0.1) is 5.92 Å². The second-order valence-electron chi connectivity index (χ2n) is 7.51. The average Bonchev–Trinajstić information content (AvgIpc) is 2.76. The zero-order chi connectivity index (χ0) is 23.1. The molecule has 1 aromatic rings. The fraction of sp³-hybridized carbons (Fsp3) is 0.632. The molecule has 2 fully saturated rings. The minimum atomic E-state index is -4.63. The van der Waals surface area contributed by atoms with Crippen molar-refractivity contribution in [2.75, 3.05) is 57.4 Å². The van der Waals surface area contributed by atoms with Crippen LogP contribution in [-0.2, 0) is 14.3 Å². The molecule has 0 bridgehead atoms. The van der Waals surface area contributed by atoms with E-state index in [-0.39, 0.29) is 38.6 Å². The normalized spacial score (nSPS) is 22.1. The number of nitrogens with one attached hydrogen (secondary N) is 3. The molecular weight excluding hydrogens is 453 g/mol. The number of hydrogen-bond donors (Lipinski definition) is 3. The van der Waals surface area contributed by atoms with Gasteiger partial charge in [0, 0.05) is 51.5 Å². The maximum atomic E-state index is 13.1. The minimum Gasteiger partial charge on any atom is -0.380 e. The molecule has 2 aliphatic rings. The van der Waals surface area contributed by atoms with E-state index in [1.54, 1.807) is 17.2 Å². The third-order valence-electron chi connectivity index (χ3n) is 5.35. The number of hydrazine groups is 1. The van der Waals surface area contributed by atoms with Gasteiger partial charge in [0.15, 0.2) is 5.92 Å². The van der Waals surface area contributed by atoms with Crippen molar-refractivity contribution in [2.24, 2.45) is 5.92 Å². The van der Waals surface area contributed by atoms with Crippen LogP contribution in [-0.4, -0.2) is 86.4 Å². The zero-order valence-corrected chi connectivity index (χ0v) is 18.1. The summed E-state index contributed by atoms with van der Waals surface area (Å²) in [5.74, 6) is -2.45. The molecule has 0 aliphatic carbocycles. The first-order valence-electron chi connectivity index (χ1n) is 10.3. The molecule has 32 heavy (non-hydrogen) atoms. The standard InChI is InChI=1S/C19H26ClF3N6O3/c20-13-1-2-15(25-11-13)28-5-7-29(8-6-28)16(30)3-9-32-10-4-24-14-12-26-27-18(31)17(14)19(21,22)23/h1-2,11,14,17,24,26H,3-10,12H2,(H,27,31). The maximum Gasteiger partial charge on any atom is 0.402 e. The first kappa shape index (κ1) is 24.5. The number of carbonyl (C=O) groups is 2. The van der Waals surface area contributed by atoms with Crippen molar-refractivity contribution >= 4 is 29.2 Å². The number of aromatic nitrogens is 1. The quantitative estimate of drug-likeness (QED) is 0.470. The van der Waals surface area contributed by atoms with Gasteiger partial charge in [0.25, 0.3) is 0 Å². The molecule has 3 heterocycles. The van der Waals surface area contributed by atoms with Gasteiger partial charge in [-0.05, 0) is 12.1 Å². The Labute approximate surface area is 188 Å². The summed E-state index contributed by atoms with van der Waals surface area (Å²) in [5, 5.41) is 3.27. The van der Waals surface area contributed by atoms with Crippen LogP contribution in [0.1, 0.15) is 6.42 Å². The number of rotatable bonds is 8. The predicted octanol–water partition coefficient (Wildman–Crippen LogP) is 0.561. The SMILES string of the molecule is O=C1NNCC(NCCOCCC(=O)N2CCN(c3ccc(Cl)cn3)CC2)C1C(F)(F)F. The fourth-order valence-corrected chi connectivity index (χ4v) is 3.78. The maximum absolute atomic E-state index is 13.1. The average molecular weight is 479 g/mol. The molecule has 2 amide bonds. The first-order valence-corrected chi connectivity index (χ1v) is 10.7. The van der Waals surface area contributed by atoms with E-state index in [0.717, 1.165) is 5.82 Å². The van der Waals surface area contributed by atoms with Crippen molar-refractivity contribution in [1.29, 1.82) is 0 Å². The van der Waals surface area contributed by atoms with Crippen molar-refractivity contribution in [2.45, 2.75) is 18.6 Å². The highest BCUT2D eigenvalue weighted by atomic mass is 35.5. The Morgan fingerprint density at radius 3 is 2.66 bits per heavy atom. The van der Waals surface area contributed by atoms with Crippen LogP contribution in [0.2, 0.25) is 5.02 Å². The molecule has 0 aromatic carbocycles. The number of anilines is 1. The largest absolute Gasteiger partial charge is 0.402 e. The molecule has 3 rings (SSSR count). The summed E-state index contributed by atoms with van der Waals surface area (Å²) in [6.45, 7) is 2.85. The summed E-state index contributed by atoms with van der Waals surface area (Å²) in [6, 6.07) is 2.53. The number of pyridine rings is 1. The molecule has 2 atom stereocenters. The molecule has 2 aliphatic heterocycles. The molecule has 0 saturated carbocycles. The van der Waals surface area contributed by atoms with E-state index < -0.39 is 24.0 Å². The Hall–Kier alpha value is -2.15. The summed E-state index contributed by atoms with van der Waals surface area (Å²) >= 11 is 5.85. The molecule has 1 aromatic heterocycles. The van der Waals surface area contributed by atoms with Gasteiger partial charge in [-0.3, -0.25) is 15.0 Å². The van der Waals surface area contributed by atoms with Gasteiger partial charge in [-0.2, -0.15) is 13.2 Å². The van der Waals surface area contributed by atoms with Gasteiger partial charge in [0.05, 0.1) is 24.7 Å². The number of nitrogens with zero attached hydrogens (tertiary/aromatic N) is 3. The highest BCUT2D eigenvalue weighted by molar-refractivity contribution is 6.30. The lowest BCUT2D eigenvalue weighted by molar-refractivity contribution is -0.192. The van der Waals surface area contributed by atoms with E-state index in [9.17, 15) is 22.8 Å². The van der Waals surface area contributed by atoms with Crippen LogP contribution < -0.4 is 21.1 Å². The van der Waals surface area contributed by atoms with Crippen molar-refractivity contribution < 1.29 is 27.5 Å². The first-order chi connectivity index (χ1) is 15.3. The topological polar surface area (TPSA) is 98.8 Å². The van der Waals surface area contributed by atoms with Crippen LogP contribution in [0.25, 0.3) is 0 Å². The summed E-state index contributed by atoms with van der Waals surface area (Å²) < 4.78 is 44.6. The van der Waals surface area contributed by atoms with E-state index >= 15 is 0 Å². The fourth-order valence-electron chi connectivity index (χ4n) is 3.67. The number of halogens is 4. The number of piperazine rings is 1. The van der Waals surface area contributed by atoms with Crippen LogP contribution in [0.3, 0.4) is 0 Å². The summed E-state index contributed by atoms with van der Waals surface area (Å²) in [6.07, 6.45) is -2.86. The Balaban J connectivity index is 1.30. The summed E-state index contributed by atoms with van der Waals surface area (Å²) in [7, 11) is 0. The van der Waals surface area contributed by atoms with Crippen molar-refractivity contribution in [3.8, 4) is 0 Å². The third kappa shape index (κ3) is 6.67. The van der Waals surface area contributed by atoms with E-state index in [2.05, 4.69) is 20.6 Å². The van der Waals surface area contributed by atoms with Gasteiger partial charge in [0.1, 0.15) is 5.82 Å². The lowest BCUT2D eigenvalue weighted by Crippen LogP contribution is -2.63. The lowest BCUT2D eigenvalue weighted by atomic mass is 9.96. The van der Waals surface area contributed by atoms with E-state index in [1.165, 1.54) is 0 Å². The molecule has 2 saturated heterocycles. The predicted molar refractivity (Wildman–Crippen MR) is 111 cm³/mol. The summed E-state index contributed by atoms with van der Waals surface area (Å²) in [4.78, 5) is 32.0. The Kier molecular flexibility index (Phi) is 8.51. The van der Waals surface area contributed by atoms with Crippen molar-refractivity contribution in [3.05, 3.63) is 23.4 Å². The Bertz CT molecular complexity index is 775. The van der Waals surface area contributed by atoms with Crippen molar-refractivity contribution in [3.63, 3.8) is 0 Å². The van der Waals surface area contributed by atoms with Crippen LogP contribution in [0.5, 0.6) is 0 Å². The molecule has 3 N–H and O–H groups in total. The number of hydrogen-bond acceptors (Lipinski definition) is 7.